The van der Waals surface area contributed by atoms with Gasteiger partial charge < -0.3 is 10.4 Å². The van der Waals surface area contributed by atoms with E-state index >= 15 is 0 Å². The lowest BCUT2D eigenvalue weighted by Gasteiger charge is -2.13. The summed E-state index contributed by atoms with van der Waals surface area (Å²) < 4.78 is 0. The molecule has 0 aromatic rings. The van der Waals surface area contributed by atoms with Gasteiger partial charge in [0.05, 0.1) is 6.10 Å². The highest BCUT2D eigenvalue weighted by Gasteiger charge is 2.07. The van der Waals surface area contributed by atoms with Gasteiger partial charge in [0, 0.05) is 12.5 Å². The molecule has 0 heterocycles. The van der Waals surface area contributed by atoms with Gasteiger partial charge in [-0.25, -0.2) is 0 Å². The van der Waals surface area contributed by atoms with E-state index in [2.05, 4.69) is 12.2 Å². The van der Waals surface area contributed by atoms with E-state index in [1.165, 1.54) is 19.3 Å². The Morgan fingerprint density at radius 2 is 1.93 bits per heavy atom. The number of hydrogen-bond acceptors (Lipinski definition) is 2. The molecule has 90 valence electrons. The van der Waals surface area contributed by atoms with E-state index in [-0.39, 0.29) is 18.1 Å². The second-order valence-electron chi connectivity index (χ2n) is 4.35. The summed E-state index contributed by atoms with van der Waals surface area (Å²) in [4.78, 5) is 11.4. The summed E-state index contributed by atoms with van der Waals surface area (Å²) in [6, 6.07) is 0.262. The van der Waals surface area contributed by atoms with Gasteiger partial charge in [0.2, 0.25) is 5.91 Å². The fourth-order valence-corrected chi connectivity index (χ4v) is 1.46. The van der Waals surface area contributed by atoms with E-state index < -0.39 is 0 Å². The molecule has 0 aliphatic carbocycles. The van der Waals surface area contributed by atoms with Crippen molar-refractivity contribution in [3.8, 4) is 0 Å². The predicted octanol–water partition coefficient (Wildman–Crippen LogP) is 2.23. The van der Waals surface area contributed by atoms with Crippen LogP contribution in [0.2, 0.25) is 0 Å². The highest BCUT2D eigenvalue weighted by atomic mass is 16.3. The van der Waals surface area contributed by atoms with Crippen LogP contribution in [0.4, 0.5) is 0 Å². The molecule has 2 N–H and O–H groups in total. The number of unbranched alkanes of at least 4 members (excludes halogenated alkanes) is 2. The summed E-state index contributed by atoms with van der Waals surface area (Å²) in [6.45, 7) is 5.92. The van der Waals surface area contributed by atoms with Gasteiger partial charge in [0.25, 0.3) is 0 Å². The van der Waals surface area contributed by atoms with Crippen molar-refractivity contribution in [2.24, 2.45) is 0 Å². The van der Waals surface area contributed by atoms with Crippen LogP contribution in [-0.4, -0.2) is 23.2 Å². The van der Waals surface area contributed by atoms with Gasteiger partial charge in [0.1, 0.15) is 0 Å². The van der Waals surface area contributed by atoms with Gasteiger partial charge in [-0.3, -0.25) is 4.79 Å². The van der Waals surface area contributed by atoms with Gasteiger partial charge >= 0.3 is 0 Å². The maximum Gasteiger partial charge on any atom is 0.220 e. The molecule has 3 heteroatoms. The molecule has 0 radical (unpaired) electrons. The van der Waals surface area contributed by atoms with Crippen LogP contribution in [0.15, 0.2) is 0 Å². The fourth-order valence-electron chi connectivity index (χ4n) is 1.46. The smallest absolute Gasteiger partial charge is 0.220 e. The third kappa shape index (κ3) is 9.73. The summed E-state index contributed by atoms with van der Waals surface area (Å²) in [5.41, 5.74) is 0. The number of aliphatic hydroxyl groups is 1. The zero-order valence-corrected chi connectivity index (χ0v) is 10.3. The Morgan fingerprint density at radius 1 is 1.27 bits per heavy atom. The molecule has 0 saturated carbocycles. The maximum atomic E-state index is 11.4. The molecule has 15 heavy (non-hydrogen) atoms. The van der Waals surface area contributed by atoms with Gasteiger partial charge in [-0.1, -0.05) is 26.2 Å². The van der Waals surface area contributed by atoms with Gasteiger partial charge in [-0.05, 0) is 26.7 Å². The normalized spacial score (nSPS) is 14.7. The second-order valence-corrected chi connectivity index (χ2v) is 4.35. The maximum absolute atomic E-state index is 11.4. The summed E-state index contributed by atoms with van der Waals surface area (Å²) in [5, 5.41) is 12.0. The number of hydrogen-bond donors (Lipinski definition) is 2. The molecular weight excluding hydrogens is 190 g/mol. The van der Waals surface area contributed by atoms with E-state index in [1.54, 1.807) is 6.92 Å². The number of rotatable bonds is 8. The van der Waals surface area contributed by atoms with E-state index in [1.807, 2.05) is 6.92 Å². The Bertz CT molecular complexity index is 169. The lowest BCUT2D eigenvalue weighted by Crippen LogP contribution is -2.32. The highest BCUT2D eigenvalue weighted by molar-refractivity contribution is 5.76. The molecule has 2 atom stereocenters. The molecule has 3 nitrogen and oxygen atoms in total. The number of carbonyl (C=O) groups excluding carboxylic acids is 1. The van der Waals surface area contributed by atoms with Crippen LogP contribution >= 0.6 is 0 Å². The largest absolute Gasteiger partial charge is 0.393 e. The van der Waals surface area contributed by atoms with E-state index in [4.69, 9.17) is 5.11 Å². The van der Waals surface area contributed by atoms with E-state index in [0.29, 0.717) is 12.8 Å². The van der Waals surface area contributed by atoms with Crippen molar-refractivity contribution in [1.29, 1.82) is 0 Å². The average molecular weight is 215 g/mol. The van der Waals surface area contributed by atoms with Crippen molar-refractivity contribution in [3.63, 3.8) is 0 Å². The number of carbonyl (C=O) groups is 1. The van der Waals surface area contributed by atoms with Crippen LogP contribution in [0.25, 0.3) is 0 Å². The van der Waals surface area contributed by atoms with Crippen molar-refractivity contribution in [2.45, 2.75) is 71.4 Å². The Labute approximate surface area is 93.3 Å². The van der Waals surface area contributed by atoms with Crippen LogP contribution < -0.4 is 5.32 Å². The number of amides is 1. The minimum atomic E-state index is -0.383. The quantitative estimate of drug-likeness (QED) is 0.610. The summed E-state index contributed by atoms with van der Waals surface area (Å²) >= 11 is 0. The fraction of sp³-hybridized carbons (Fsp3) is 0.917. The van der Waals surface area contributed by atoms with E-state index in [9.17, 15) is 4.79 Å². The molecule has 0 aliphatic heterocycles. The van der Waals surface area contributed by atoms with Crippen LogP contribution in [0.5, 0.6) is 0 Å². The Hall–Kier alpha value is -0.570. The molecule has 0 aliphatic rings. The number of nitrogens with one attached hydrogen (secondary N) is 1. The summed E-state index contributed by atoms with van der Waals surface area (Å²) in [7, 11) is 0. The molecule has 0 bridgehead atoms. The topological polar surface area (TPSA) is 49.3 Å². The van der Waals surface area contributed by atoms with Crippen LogP contribution in [0.1, 0.15) is 59.3 Å². The number of aliphatic hydroxyl groups excluding tert-OH is 1. The monoisotopic (exact) mass is 215 g/mol. The van der Waals surface area contributed by atoms with Crippen molar-refractivity contribution >= 4 is 5.91 Å². The third-order valence-corrected chi connectivity index (χ3v) is 2.44. The first-order chi connectivity index (χ1) is 7.06. The van der Waals surface area contributed by atoms with E-state index in [0.717, 1.165) is 6.42 Å². The van der Waals surface area contributed by atoms with Gasteiger partial charge in [-0.2, -0.15) is 0 Å². The molecule has 2 unspecified atom stereocenters. The molecule has 1 amide bonds. The Morgan fingerprint density at radius 3 is 2.47 bits per heavy atom. The molecular formula is C12H25NO2. The van der Waals surface area contributed by atoms with Crippen molar-refractivity contribution in [1.82, 2.24) is 5.32 Å². The minimum Gasteiger partial charge on any atom is -0.393 e. The van der Waals surface area contributed by atoms with Crippen LogP contribution in [0, 0.1) is 0 Å². The lowest BCUT2D eigenvalue weighted by atomic mass is 10.1. The SMILES string of the molecule is CCCCCC(C)NC(=O)CCC(C)O. The average Bonchev–Trinajstić information content (AvgIpc) is 2.15. The first-order valence-electron chi connectivity index (χ1n) is 6.03. The van der Waals surface area contributed by atoms with Crippen LogP contribution in [-0.2, 0) is 4.79 Å². The minimum absolute atomic E-state index is 0.0555. The Kier molecular flexibility index (Phi) is 8.38. The third-order valence-electron chi connectivity index (χ3n) is 2.44. The highest BCUT2D eigenvalue weighted by Crippen LogP contribution is 2.03. The standard InChI is InChI=1S/C12H25NO2/c1-4-5-6-7-10(2)13-12(15)9-8-11(3)14/h10-11,14H,4-9H2,1-3H3,(H,13,15). The molecule has 0 rings (SSSR count). The predicted molar refractivity (Wildman–Crippen MR) is 62.7 cm³/mol. The summed E-state index contributed by atoms with van der Waals surface area (Å²) in [6.07, 6.45) is 5.26. The van der Waals surface area contributed by atoms with Crippen LogP contribution in [0.3, 0.4) is 0 Å². The lowest BCUT2D eigenvalue weighted by molar-refractivity contribution is -0.122. The van der Waals surface area contributed by atoms with Crippen molar-refractivity contribution < 1.29 is 9.90 Å². The van der Waals surface area contributed by atoms with Gasteiger partial charge in [0.15, 0.2) is 0 Å². The second kappa shape index (κ2) is 8.72. The molecule has 0 aromatic heterocycles. The zero-order valence-electron chi connectivity index (χ0n) is 10.3. The molecule has 0 aromatic carbocycles. The first kappa shape index (κ1) is 14.4. The molecule has 0 spiro atoms. The summed E-state index contributed by atoms with van der Waals surface area (Å²) in [5.74, 6) is 0.0555. The van der Waals surface area contributed by atoms with Gasteiger partial charge in [-0.15, -0.1) is 0 Å². The van der Waals surface area contributed by atoms with Crippen molar-refractivity contribution in [3.05, 3.63) is 0 Å². The molecule has 0 saturated heterocycles. The zero-order chi connectivity index (χ0) is 11.7. The first-order valence-corrected chi connectivity index (χ1v) is 6.03. The Balaban J connectivity index is 3.49. The van der Waals surface area contributed by atoms with Crippen molar-refractivity contribution in [2.75, 3.05) is 0 Å². The molecule has 0 fully saturated rings.